The van der Waals surface area contributed by atoms with Crippen molar-refractivity contribution < 1.29 is 13.9 Å². The fourth-order valence-corrected chi connectivity index (χ4v) is 4.36. The van der Waals surface area contributed by atoms with Crippen LogP contribution in [0.5, 0.6) is 0 Å². The van der Waals surface area contributed by atoms with Crippen molar-refractivity contribution in [3.63, 3.8) is 0 Å². The highest BCUT2D eigenvalue weighted by atomic mass is 19.1. The van der Waals surface area contributed by atoms with E-state index in [0.29, 0.717) is 70.2 Å². The minimum Gasteiger partial charge on any atom is -0.378 e. The van der Waals surface area contributed by atoms with Gasteiger partial charge in [0.2, 0.25) is 11.8 Å². The van der Waals surface area contributed by atoms with Gasteiger partial charge in [-0.05, 0) is 5.56 Å². The van der Waals surface area contributed by atoms with Crippen molar-refractivity contribution in [1.29, 1.82) is 0 Å². The monoisotopic (exact) mass is 428 g/mol. The Morgan fingerprint density at radius 2 is 1.39 bits per heavy atom. The molecule has 0 saturated carbocycles. The molecule has 1 N–H and O–H groups in total. The lowest BCUT2D eigenvalue weighted by atomic mass is 10.0. The average Bonchev–Trinajstić information content (AvgIpc) is 2.86. The number of morpholine rings is 2. The lowest BCUT2D eigenvalue weighted by Gasteiger charge is -2.36. The summed E-state index contributed by atoms with van der Waals surface area (Å²) in [5, 5.41) is 3.58. The maximum Gasteiger partial charge on any atom is 0.229 e. The van der Waals surface area contributed by atoms with Crippen LogP contribution in [0.1, 0.15) is 11.6 Å². The van der Waals surface area contributed by atoms with Crippen LogP contribution in [-0.2, 0) is 9.47 Å². The van der Waals surface area contributed by atoms with Crippen LogP contribution in [0, 0.1) is 5.82 Å². The summed E-state index contributed by atoms with van der Waals surface area (Å²) >= 11 is 0. The summed E-state index contributed by atoms with van der Waals surface area (Å²) in [4.78, 5) is 15.6. The highest BCUT2D eigenvalue weighted by Crippen LogP contribution is 2.30. The number of anilines is 3. The number of hydrogen-bond acceptors (Lipinski definition) is 8. The normalized spacial score (nSPS) is 22.6. The highest BCUT2D eigenvalue weighted by molar-refractivity contribution is 5.58. The first kappa shape index (κ1) is 20.4. The maximum absolute atomic E-state index is 15.6. The third-order valence-corrected chi connectivity index (χ3v) is 6.09. The second kappa shape index (κ2) is 9.33. The Morgan fingerprint density at radius 3 is 1.97 bits per heavy atom. The predicted molar refractivity (Wildman–Crippen MR) is 117 cm³/mol. The first-order valence-corrected chi connectivity index (χ1v) is 11.1. The van der Waals surface area contributed by atoms with Crippen LogP contribution in [0.3, 0.4) is 0 Å². The van der Waals surface area contributed by atoms with Crippen molar-refractivity contribution in [2.24, 2.45) is 0 Å². The molecule has 3 fully saturated rings. The zero-order valence-electron chi connectivity index (χ0n) is 17.7. The molecule has 3 aliphatic heterocycles. The second-order valence-corrected chi connectivity index (χ2v) is 8.05. The molecule has 166 valence electrons. The molecule has 0 radical (unpaired) electrons. The molecule has 0 bridgehead atoms. The number of nitrogens with zero attached hydrogens (tertiary/aromatic N) is 5. The zero-order valence-corrected chi connectivity index (χ0v) is 17.7. The van der Waals surface area contributed by atoms with Gasteiger partial charge in [-0.25, -0.2) is 0 Å². The molecule has 2 aromatic rings. The van der Waals surface area contributed by atoms with Crippen molar-refractivity contribution in [2.75, 3.05) is 86.9 Å². The number of ether oxygens (including phenoxy) is 2. The van der Waals surface area contributed by atoms with E-state index in [4.69, 9.17) is 19.4 Å². The minimum atomic E-state index is -0.345. The van der Waals surface area contributed by atoms with E-state index in [9.17, 15) is 0 Å². The molecular weight excluding hydrogens is 399 g/mol. The van der Waals surface area contributed by atoms with Gasteiger partial charge in [0, 0.05) is 51.9 Å². The molecule has 9 heteroatoms. The summed E-state index contributed by atoms with van der Waals surface area (Å²) in [6.07, 6.45) is 0. The smallest absolute Gasteiger partial charge is 0.229 e. The number of halogens is 1. The maximum atomic E-state index is 15.6. The Labute approximate surface area is 182 Å². The molecule has 3 aliphatic rings. The van der Waals surface area contributed by atoms with Crippen LogP contribution in [0.2, 0.25) is 0 Å². The van der Waals surface area contributed by atoms with Crippen LogP contribution in [0.25, 0.3) is 0 Å². The lowest BCUT2D eigenvalue weighted by molar-refractivity contribution is 0.121. The van der Waals surface area contributed by atoms with Gasteiger partial charge in [0.25, 0.3) is 0 Å². The van der Waals surface area contributed by atoms with E-state index >= 15 is 4.39 Å². The number of rotatable bonds is 4. The Morgan fingerprint density at radius 1 is 0.806 bits per heavy atom. The van der Waals surface area contributed by atoms with E-state index in [1.165, 1.54) is 5.56 Å². The number of aromatic nitrogens is 2. The number of benzene rings is 1. The van der Waals surface area contributed by atoms with Gasteiger partial charge in [-0.2, -0.15) is 14.4 Å². The fraction of sp³-hybridized carbons (Fsp3) is 0.545. The summed E-state index contributed by atoms with van der Waals surface area (Å²) in [6, 6.07) is 10.6. The van der Waals surface area contributed by atoms with Gasteiger partial charge < -0.3 is 29.5 Å². The molecular formula is C22H29FN6O2. The van der Waals surface area contributed by atoms with E-state index in [2.05, 4.69) is 34.5 Å². The summed E-state index contributed by atoms with van der Waals surface area (Å²) in [5.74, 6) is 1.00. The van der Waals surface area contributed by atoms with Crippen LogP contribution in [-0.4, -0.2) is 82.2 Å². The van der Waals surface area contributed by atoms with Gasteiger partial charge in [-0.3, -0.25) is 0 Å². The van der Waals surface area contributed by atoms with Crippen LogP contribution >= 0.6 is 0 Å². The van der Waals surface area contributed by atoms with Crippen molar-refractivity contribution in [1.82, 2.24) is 15.3 Å². The highest BCUT2D eigenvalue weighted by Gasteiger charge is 2.29. The molecule has 1 atom stereocenters. The Kier molecular flexibility index (Phi) is 6.15. The van der Waals surface area contributed by atoms with Crippen molar-refractivity contribution in [3.8, 4) is 0 Å². The number of nitrogens with one attached hydrogen (secondary N) is 1. The van der Waals surface area contributed by atoms with E-state index in [1.54, 1.807) is 0 Å². The van der Waals surface area contributed by atoms with Gasteiger partial charge in [0.1, 0.15) is 0 Å². The fourth-order valence-electron chi connectivity index (χ4n) is 4.36. The first-order valence-electron chi connectivity index (χ1n) is 11.1. The molecule has 1 aromatic heterocycles. The van der Waals surface area contributed by atoms with Crippen molar-refractivity contribution in [3.05, 3.63) is 41.7 Å². The molecule has 0 spiro atoms. The SMILES string of the molecule is Fc1c(N2CCOCC2)nc(N2CCNC(c3ccccc3)C2)nc1N1CCOCC1. The van der Waals surface area contributed by atoms with Gasteiger partial charge >= 0.3 is 0 Å². The summed E-state index contributed by atoms with van der Waals surface area (Å²) < 4.78 is 26.5. The third-order valence-electron chi connectivity index (χ3n) is 6.09. The lowest BCUT2D eigenvalue weighted by Crippen LogP contribution is -2.47. The van der Waals surface area contributed by atoms with Gasteiger partial charge in [0.15, 0.2) is 11.6 Å². The van der Waals surface area contributed by atoms with E-state index < -0.39 is 0 Å². The quantitative estimate of drug-likeness (QED) is 0.785. The van der Waals surface area contributed by atoms with E-state index in [-0.39, 0.29) is 11.9 Å². The third kappa shape index (κ3) is 4.44. The summed E-state index contributed by atoms with van der Waals surface area (Å²) in [5.41, 5.74) is 1.23. The molecule has 5 rings (SSSR count). The largest absolute Gasteiger partial charge is 0.378 e. The van der Waals surface area contributed by atoms with Gasteiger partial charge in [0.05, 0.1) is 26.4 Å². The van der Waals surface area contributed by atoms with Gasteiger partial charge in [-0.1, -0.05) is 30.3 Å². The molecule has 4 heterocycles. The van der Waals surface area contributed by atoms with Crippen molar-refractivity contribution >= 4 is 17.6 Å². The van der Waals surface area contributed by atoms with Crippen molar-refractivity contribution in [2.45, 2.75) is 6.04 Å². The number of piperazine rings is 1. The standard InChI is InChI=1S/C22H29FN6O2/c23-19-20(27-8-12-30-13-9-27)25-22(26-21(19)28-10-14-31-15-11-28)29-7-6-24-18(16-29)17-4-2-1-3-5-17/h1-5,18,24H,6-16H2. The molecule has 0 aliphatic carbocycles. The molecule has 31 heavy (non-hydrogen) atoms. The second-order valence-electron chi connectivity index (χ2n) is 8.05. The molecule has 1 aromatic carbocycles. The Hall–Kier alpha value is -2.49. The zero-order chi connectivity index (χ0) is 21.0. The summed E-state index contributed by atoms with van der Waals surface area (Å²) in [6.45, 7) is 7.17. The van der Waals surface area contributed by atoms with Crippen LogP contribution < -0.4 is 20.0 Å². The Balaban J connectivity index is 1.48. The predicted octanol–water partition coefficient (Wildman–Crippen LogP) is 1.44. The molecule has 1 unspecified atom stereocenters. The minimum absolute atomic E-state index is 0.183. The molecule has 8 nitrogen and oxygen atoms in total. The molecule has 0 amide bonds. The average molecular weight is 429 g/mol. The summed E-state index contributed by atoms with van der Waals surface area (Å²) in [7, 11) is 0. The van der Waals surface area contributed by atoms with Gasteiger partial charge in [-0.15, -0.1) is 0 Å². The van der Waals surface area contributed by atoms with Crippen LogP contribution in [0.15, 0.2) is 30.3 Å². The Bertz CT molecular complexity index is 835. The molecule has 3 saturated heterocycles. The van der Waals surface area contributed by atoms with E-state index in [1.807, 2.05) is 15.9 Å². The first-order chi connectivity index (χ1) is 15.3. The van der Waals surface area contributed by atoms with E-state index in [0.717, 1.165) is 19.6 Å². The topological polar surface area (TPSA) is 66.0 Å². The number of hydrogen-bond donors (Lipinski definition) is 1. The van der Waals surface area contributed by atoms with Crippen LogP contribution in [0.4, 0.5) is 22.0 Å².